The molecule has 1 aliphatic rings. The van der Waals surface area contributed by atoms with Crippen molar-refractivity contribution in [3.8, 4) is 0 Å². The molecule has 1 aromatic rings. The summed E-state index contributed by atoms with van der Waals surface area (Å²) < 4.78 is 27.1. The first kappa shape index (κ1) is 15.4. The second kappa shape index (κ2) is 6.22. The van der Waals surface area contributed by atoms with Crippen molar-refractivity contribution in [1.82, 2.24) is 4.31 Å². The molecule has 0 atom stereocenters. The molecule has 0 amide bonds. The molecule has 1 fully saturated rings. The van der Waals surface area contributed by atoms with Gasteiger partial charge in [-0.05, 0) is 37.0 Å². The lowest BCUT2D eigenvalue weighted by Crippen LogP contribution is -2.45. The topological polar surface area (TPSA) is 83.6 Å². The number of sulfonamides is 1. The second-order valence-corrected chi connectivity index (χ2v) is 7.09. The minimum atomic E-state index is -3.57. The van der Waals surface area contributed by atoms with E-state index >= 15 is 0 Å². The fraction of sp³-hybridized carbons (Fsp3) is 0.571. The molecule has 0 aliphatic heterocycles. The molecule has 0 heterocycles. The van der Waals surface area contributed by atoms with Crippen molar-refractivity contribution in [3.05, 3.63) is 29.3 Å². The first-order valence-corrected chi connectivity index (χ1v) is 8.37. The van der Waals surface area contributed by atoms with Crippen LogP contribution in [0.4, 0.5) is 0 Å². The van der Waals surface area contributed by atoms with Crippen molar-refractivity contribution < 1.29 is 13.5 Å². The van der Waals surface area contributed by atoms with E-state index in [9.17, 15) is 8.42 Å². The van der Waals surface area contributed by atoms with Crippen LogP contribution in [0.3, 0.4) is 0 Å². The highest BCUT2D eigenvalue weighted by molar-refractivity contribution is 7.89. The monoisotopic (exact) mass is 298 g/mol. The fourth-order valence-electron chi connectivity index (χ4n) is 2.45. The molecule has 112 valence electrons. The van der Waals surface area contributed by atoms with Crippen LogP contribution in [0.5, 0.6) is 0 Å². The smallest absolute Gasteiger partial charge is 0.243 e. The van der Waals surface area contributed by atoms with Crippen LogP contribution >= 0.6 is 0 Å². The Morgan fingerprint density at radius 1 is 1.40 bits per heavy atom. The summed E-state index contributed by atoms with van der Waals surface area (Å²) in [4.78, 5) is 0.306. The van der Waals surface area contributed by atoms with Gasteiger partial charge in [-0.15, -0.1) is 0 Å². The summed E-state index contributed by atoms with van der Waals surface area (Å²) in [6, 6.07) is 5.29. The number of hydrogen-bond donors (Lipinski definition) is 2. The maximum Gasteiger partial charge on any atom is 0.243 e. The molecule has 0 spiro atoms. The van der Waals surface area contributed by atoms with Gasteiger partial charge in [-0.25, -0.2) is 8.42 Å². The zero-order valence-corrected chi connectivity index (χ0v) is 12.6. The number of benzene rings is 1. The van der Waals surface area contributed by atoms with Crippen molar-refractivity contribution in [3.63, 3.8) is 0 Å². The summed E-state index contributed by atoms with van der Waals surface area (Å²) in [5, 5.41) is 9.16. The Balaban J connectivity index is 2.41. The van der Waals surface area contributed by atoms with E-state index in [0.717, 1.165) is 24.8 Å². The van der Waals surface area contributed by atoms with Gasteiger partial charge < -0.3 is 10.8 Å². The average molecular weight is 298 g/mol. The number of aliphatic hydroxyl groups excluding tert-OH is 1. The van der Waals surface area contributed by atoms with Gasteiger partial charge in [0.1, 0.15) is 0 Å². The zero-order valence-electron chi connectivity index (χ0n) is 11.7. The highest BCUT2D eigenvalue weighted by Gasteiger charge is 2.35. The number of hydrogen-bond acceptors (Lipinski definition) is 4. The molecule has 0 bridgehead atoms. The van der Waals surface area contributed by atoms with Gasteiger partial charge in [0.05, 0.1) is 11.5 Å². The van der Waals surface area contributed by atoms with E-state index in [1.807, 2.05) is 6.07 Å². The molecule has 5 nitrogen and oxygen atoms in total. The summed E-state index contributed by atoms with van der Waals surface area (Å²) in [6.45, 7) is 2.09. The van der Waals surface area contributed by atoms with E-state index < -0.39 is 10.0 Å². The van der Waals surface area contributed by atoms with E-state index in [4.69, 9.17) is 10.8 Å². The molecular formula is C14H22N2O3S. The maximum absolute atomic E-state index is 12.8. The summed E-state index contributed by atoms with van der Waals surface area (Å²) >= 11 is 0. The number of aryl methyl sites for hydroxylation is 1. The van der Waals surface area contributed by atoms with Crippen LogP contribution in [0.25, 0.3) is 0 Å². The molecule has 0 radical (unpaired) electrons. The summed E-state index contributed by atoms with van der Waals surface area (Å²) in [7, 11) is -3.57. The molecular weight excluding hydrogens is 276 g/mol. The standard InChI is InChI=1S/C14H22N2O3S/c1-11-5-6-12(10-15)9-14(11)20(18,19)16(7-8-17)13-3-2-4-13/h5-6,9,13,17H,2-4,7-8,10,15H2,1H3. The van der Waals surface area contributed by atoms with Crippen LogP contribution < -0.4 is 5.73 Å². The Morgan fingerprint density at radius 3 is 2.60 bits per heavy atom. The fourth-order valence-corrected chi connectivity index (χ4v) is 4.40. The molecule has 3 N–H and O–H groups in total. The number of nitrogens with zero attached hydrogens (tertiary/aromatic N) is 1. The first-order chi connectivity index (χ1) is 9.50. The highest BCUT2D eigenvalue weighted by atomic mass is 32.2. The lowest BCUT2D eigenvalue weighted by Gasteiger charge is -2.36. The first-order valence-electron chi connectivity index (χ1n) is 6.93. The van der Waals surface area contributed by atoms with Crippen LogP contribution in [0.2, 0.25) is 0 Å². The van der Waals surface area contributed by atoms with Crippen LogP contribution in [0.1, 0.15) is 30.4 Å². The molecule has 1 aliphatic carbocycles. The predicted molar refractivity (Wildman–Crippen MR) is 77.7 cm³/mol. The molecule has 2 rings (SSSR count). The summed E-state index contributed by atoms with van der Waals surface area (Å²) in [5.74, 6) is 0. The van der Waals surface area contributed by atoms with Crippen molar-refractivity contribution in [2.45, 2.75) is 43.7 Å². The van der Waals surface area contributed by atoms with E-state index in [1.165, 1.54) is 4.31 Å². The molecule has 0 saturated heterocycles. The van der Waals surface area contributed by atoms with Gasteiger partial charge in [0.15, 0.2) is 0 Å². The third kappa shape index (κ3) is 2.88. The van der Waals surface area contributed by atoms with E-state index in [2.05, 4.69) is 0 Å². The van der Waals surface area contributed by atoms with Crippen molar-refractivity contribution in [2.24, 2.45) is 5.73 Å². The van der Waals surface area contributed by atoms with E-state index in [1.54, 1.807) is 19.1 Å². The Morgan fingerprint density at radius 2 is 2.10 bits per heavy atom. The number of rotatable bonds is 6. The average Bonchev–Trinajstić information content (AvgIpc) is 2.36. The lowest BCUT2D eigenvalue weighted by molar-refractivity contribution is 0.178. The minimum absolute atomic E-state index is 0.0214. The molecule has 1 aromatic carbocycles. The zero-order chi connectivity index (χ0) is 14.8. The Hall–Kier alpha value is -0.950. The number of aliphatic hydroxyl groups is 1. The van der Waals surface area contributed by atoms with Crippen LogP contribution in [0, 0.1) is 6.92 Å². The quantitative estimate of drug-likeness (QED) is 0.820. The van der Waals surface area contributed by atoms with Gasteiger partial charge in [0, 0.05) is 19.1 Å². The van der Waals surface area contributed by atoms with Gasteiger partial charge in [0.25, 0.3) is 0 Å². The third-order valence-corrected chi connectivity index (χ3v) is 5.97. The van der Waals surface area contributed by atoms with Crippen LogP contribution in [-0.2, 0) is 16.6 Å². The molecule has 6 heteroatoms. The van der Waals surface area contributed by atoms with Gasteiger partial charge in [-0.1, -0.05) is 18.6 Å². The Labute approximate surface area is 120 Å². The number of nitrogens with two attached hydrogens (primary N) is 1. The van der Waals surface area contributed by atoms with Gasteiger partial charge in [0.2, 0.25) is 10.0 Å². The third-order valence-electron chi connectivity index (χ3n) is 3.88. The maximum atomic E-state index is 12.8. The molecule has 20 heavy (non-hydrogen) atoms. The minimum Gasteiger partial charge on any atom is -0.395 e. The van der Waals surface area contributed by atoms with Crippen molar-refractivity contribution in [1.29, 1.82) is 0 Å². The van der Waals surface area contributed by atoms with E-state index in [-0.39, 0.29) is 19.2 Å². The Kier molecular flexibility index (Phi) is 4.80. The normalized spacial score (nSPS) is 16.4. The van der Waals surface area contributed by atoms with E-state index in [0.29, 0.717) is 17.0 Å². The molecule has 1 saturated carbocycles. The van der Waals surface area contributed by atoms with Crippen molar-refractivity contribution >= 4 is 10.0 Å². The summed E-state index contributed by atoms with van der Waals surface area (Å²) in [6.07, 6.45) is 2.79. The van der Waals surface area contributed by atoms with Crippen LogP contribution in [0.15, 0.2) is 23.1 Å². The Bertz CT molecular complexity index is 568. The molecule has 0 unspecified atom stereocenters. The van der Waals surface area contributed by atoms with Crippen molar-refractivity contribution in [2.75, 3.05) is 13.2 Å². The van der Waals surface area contributed by atoms with Crippen LogP contribution in [-0.4, -0.2) is 37.0 Å². The van der Waals surface area contributed by atoms with Gasteiger partial charge >= 0.3 is 0 Å². The lowest BCUT2D eigenvalue weighted by atomic mass is 9.93. The second-order valence-electron chi connectivity index (χ2n) is 5.23. The molecule has 0 aromatic heterocycles. The largest absolute Gasteiger partial charge is 0.395 e. The van der Waals surface area contributed by atoms with Gasteiger partial charge in [-0.3, -0.25) is 0 Å². The predicted octanol–water partition coefficient (Wildman–Crippen LogP) is 0.989. The SMILES string of the molecule is Cc1ccc(CN)cc1S(=O)(=O)N(CCO)C1CCC1. The highest BCUT2D eigenvalue weighted by Crippen LogP contribution is 2.31. The van der Waals surface area contributed by atoms with Gasteiger partial charge in [-0.2, -0.15) is 4.31 Å². The summed E-state index contributed by atoms with van der Waals surface area (Å²) in [5.41, 5.74) is 7.11.